The van der Waals surface area contributed by atoms with Gasteiger partial charge in [0.2, 0.25) is 0 Å². The first kappa shape index (κ1) is 25.0. The number of allylic oxidation sites excluding steroid dienone is 2. The Labute approximate surface area is 234 Å². The van der Waals surface area contributed by atoms with Crippen LogP contribution >= 0.6 is 69.6 Å². The van der Waals surface area contributed by atoms with Crippen molar-refractivity contribution in [2.24, 2.45) is 17.8 Å². The third-order valence-corrected chi connectivity index (χ3v) is 12.5. The van der Waals surface area contributed by atoms with E-state index in [1.807, 2.05) is 0 Å². The minimum absolute atomic E-state index is 0.0363. The van der Waals surface area contributed by atoms with E-state index < -0.39 is 43.7 Å². The van der Waals surface area contributed by atoms with Gasteiger partial charge in [0.15, 0.2) is 9.76 Å². The van der Waals surface area contributed by atoms with Crippen molar-refractivity contribution in [3.8, 4) is 17.1 Å². The second-order valence-corrected chi connectivity index (χ2v) is 13.0. The zero-order valence-corrected chi connectivity index (χ0v) is 22.6. The molecule has 1 heterocycles. The van der Waals surface area contributed by atoms with Crippen LogP contribution in [0, 0.1) is 17.8 Å². The number of phenolic OH excluding ortho intramolecular Hbond substituents is 1. The van der Waals surface area contributed by atoms with Crippen molar-refractivity contribution in [1.29, 1.82) is 0 Å². The number of hydrogen-bond donors (Lipinski definition) is 2. The molecule has 1 aliphatic heterocycles. The number of fused-ring (bicyclic) bond motifs is 7. The lowest BCUT2D eigenvalue weighted by Gasteiger charge is -2.45. The van der Waals surface area contributed by atoms with Gasteiger partial charge in [-0.1, -0.05) is 46.4 Å². The van der Waals surface area contributed by atoms with E-state index in [-0.39, 0.29) is 39.8 Å². The van der Waals surface area contributed by atoms with Gasteiger partial charge in [-0.2, -0.15) is 0 Å². The van der Waals surface area contributed by atoms with Crippen LogP contribution in [0.3, 0.4) is 0 Å². The Kier molecular flexibility index (Phi) is 5.44. The van der Waals surface area contributed by atoms with E-state index in [2.05, 4.69) is 0 Å². The minimum Gasteiger partial charge on any atom is -0.508 e. The SMILES string of the molecule is O=C(O)[C@@H]1C[C@@H]2[C@H](C[C@H]1c1c3ccc(=O)cc-3oc3cc(O)ccc13)[C@@]1(Cl)C(Cl)=C(Cl)[C@@]2(Cl)C1(Cl)Cl. The van der Waals surface area contributed by atoms with Crippen molar-refractivity contribution in [2.45, 2.75) is 32.8 Å². The molecule has 1 aromatic rings. The van der Waals surface area contributed by atoms with Crippen molar-refractivity contribution in [3.63, 3.8) is 0 Å². The van der Waals surface area contributed by atoms with Gasteiger partial charge < -0.3 is 14.6 Å². The molecule has 2 fully saturated rings. The first-order chi connectivity index (χ1) is 16.8. The van der Waals surface area contributed by atoms with Crippen LogP contribution in [0.25, 0.3) is 22.3 Å². The summed E-state index contributed by atoms with van der Waals surface area (Å²) < 4.78 is 4.15. The second kappa shape index (κ2) is 7.84. The van der Waals surface area contributed by atoms with E-state index in [1.165, 1.54) is 24.3 Å². The fourth-order valence-corrected chi connectivity index (χ4v) is 9.73. The smallest absolute Gasteiger partial charge is 0.307 e. The highest BCUT2D eigenvalue weighted by molar-refractivity contribution is 6.65. The highest BCUT2D eigenvalue weighted by Gasteiger charge is 2.83. The van der Waals surface area contributed by atoms with Crippen molar-refractivity contribution in [2.75, 3.05) is 0 Å². The topological polar surface area (TPSA) is 87.7 Å². The normalized spacial score (nSPS) is 34.9. The van der Waals surface area contributed by atoms with Crippen LogP contribution in [0.5, 0.6) is 5.75 Å². The van der Waals surface area contributed by atoms with Gasteiger partial charge in [0.1, 0.15) is 26.8 Å². The number of halogens is 6. The van der Waals surface area contributed by atoms with E-state index in [0.29, 0.717) is 22.1 Å². The van der Waals surface area contributed by atoms with Crippen LogP contribution in [0.2, 0.25) is 0 Å². The highest BCUT2D eigenvalue weighted by Crippen LogP contribution is 2.79. The van der Waals surface area contributed by atoms with Gasteiger partial charge in [-0.25, -0.2) is 0 Å². The van der Waals surface area contributed by atoms with Crippen LogP contribution in [-0.4, -0.2) is 30.3 Å². The quantitative estimate of drug-likeness (QED) is 0.236. The van der Waals surface area contributed by atoms with Gasteiger partial charge in [0, 0.05) is 23.1 Å². The third kappa shape index (κ3) is 2.88. The molecule has 5 aliphatic rings. The summed E-state index contributed by atoms with van der Waals surface area (Å²) in [5.41, 5.74) is 1.27. The molecular formula is C25H16Cl6O5. The summed E-state index contributed by atoms with van der Waals surface area (Å²) in [7, 11) is 0. The lowest BCUT2D eigenvalue weighted by molar-refractivity contribution is -0.144. The van der Waals surface area contributed by atoms with Gasteiger partial charge in [-0.15, -0.1) is 23.2 Å². The number of aliphatic carboxylic acids is 1. The summed E-state index contributed by atoms with van der Waals surface area (Å²) in [5.74, 6) is -3.37. The molecule has 1 aromatic carbocycles. The molecule has 0 unspecified atom stereocenters. The molecule has 0 spiro atoms. The molecule has 6 atom stereocenters. The van der Waals surface area contributed by atoms with Crippen molar-refractivity contribution in [1.82, 2.24) is 0 Å². The molecule has 11 heteroatoms. The second-order valence-electron chi connectivity index (χ2n) is 9.72. The van der Waals surface area contributed by atoms with E-state index in [1.54, 1.807) is 12.1 Å². The van der Waals surface area contributed by atoms with E-state index in [4.69, 9.17) is 74.0 Å². The van der Waals surface area contributed by atoms with Gasteiger partial charge in [0.05, 0.1) is 16.0 Å². The molecule has 5 nitrogen and oxygen atoms in total. The molecule has 0 radical (unpaired) electrons. The Bertz CT molecular complexity index is 1530. The van der Waals surface area contributed by atoms with Gasteiger partial charge in [-0.05, 0) is 60.4 Å². The predicted octanol–water partition coefficient (Wildman–Crippen LogP) is 7.26. The minimum atomic E-state index is -1.77. The molecule has 6 rings (SSSR count). The highest BCUT2D eigenvalue weighted by atomic mass is 35.5. The molecule has 0 amide bonds. The van der Waals surface area contributed by atoms with Crippen LogP contribution < -0.4 is 5.43 Å². The monoisotopic (exact) mass is 606 g/mol. The van der Waals surface area contributed by atoms with Gasteiger partial charge in [-0.3, -0.25) is 9.59 Å². The van der Waals surface area contributed by atoms with Crippen LogP contribution in [0.1, 0.15) is 24.3 Å². The van der Waals surface area contributed by atoms with Gasteiger partial charge >= 0.3 is 5.97 Å². The Balaban J connectivity index is 1.61. The lowest BCUT2D eigenvalue weighted by atomic mass is 9.62. The largest absolute Gasteiger partial charge is 0.508 e. The number of aromatic hydroxyl groups is 1. The Morgan fingerprint density at radius 3 is 2.22 bits per heavy atom. The lowest BCUT2D eigenvalue weighted by Crippen LogP contribution is -2.45. The van der Waals surface area contributed by atoms with E-state index in [0.717, 1.165) is 0 Å². The number of carboxylic acid groups (broad SMARTS) is 1. The maximum absolute atomic E-state index is 12.7. The Hall–Kier alpha value is -1.34. The zero-order chi connectivity index (χ0) is 25.9. The number of carboxylic acids is 1. The molecule has 0 aromatic heterocycles. The Morgan fingerprint density at radius 1 is 0.944 bits per heavy atom. The maximum atomic E-state index is 12.7. The average Bonchev–Trinajstić information content (AvgIpc) is 3.02. The number of hydrogen-bond acceptors (Lipinski definition) is 4. The molecule has 2 bridgehead atoms. The molecule has 2 N–H and O–H groups in total. The van der Waals surface area contributed by atoms with E-state index >= 15 is 0 Å². The number of phenols is 1. The number of rotatable bonds is 2. The first-order valence-electron chi connectivity index (χ1n) is 11.1. The summed E-state index contributed by atoms with van der Waals surface area (Å²) in [6.45, 7) is 0. The summed E-state index contributed by atoms with van der Waals surface area (Å²) in [5, 5.41) is 21.1. The molecule has 36 heavy (non-hydrogen) atoms. The van der Waals surface area contributed by atoms with Crippen molar-refractivity contribution in [3.05, 3.63) is 62.2 Å². The summed E-state index contributed by atoms with van der Waals surface area (Å²) >= 11 is 40.8. The van der Waals surface area contributed by atoms with Crippen LogP contribution in [-0.2, 0) is 4.79 Å². The predicted molar refractivity (Wildman–Crippen MR) is 141 cm³/mol. The Morgan fingerprint density at radius 2 is 1.58 bits per heavy atom. The molecule has 2 saturated carbocycles. The zero-order valence-electron chi connectivity index (χ0n) is 18.1. The maximum Gasteiger partial charge on any atom is 0.307 e. The fraction of sp³-hybridized carbons (Fsp3) is 0.360. The van der Waals surface area contributed by atoms with Crippen LogP contribution in [0.4, 0.5) is 0 Å². The number of alkyl halides is 4. The standard InChI is InChI=1S/C25H16Cl6O5/c26-20-21(27)24(29)16-8-14(22(34)35)13(7-15(16)23(20,28)25(24,30)31)19-11-3-1-9(32)5-17(11)36-18-6-10(33)2-4-12(18)19/h1-6,13-16,32H,7-8H2,(H,34,35)/t13-,14-,15+,16-,23-,24-/m1/s1. The molecule has 0 saturated heterocycles. The first-order valence-corrected chi connectivity index (χ1v) is 13.3. The fourth-order valence-electron chi connectivity index (χ4n) is 6.62. The average molecular weight is 609 g/mol. The molecule has 188 valence electrons. The summed E-state index contributed by atoms with van der Waals surface area (Å²) in [6, 6.07) is 8.92. The summed E-state index contributed by atoms with van der Waals surface area (Å²) in [4.78, 5) is 21.7. The van der Waals surface area contributed by atoms with Crippen molar-refractivity contribution >= 4 is 86.5 Å². The number of benzene rings is 2. The van der Waals surface area contributed by atoms with Crippen LogP contribution in [0.15, 0.2) is 55.7 Å². The van der Waals surface area contributed by atoms with E-state index in [9.17, 15) is 19.8 Å². The third-order valence-electron chi connectivity index (χ3n) is 8.16. The van der Waals surface area contributed by atoms with Gasteiger partial charge in [0.25, 0.3) is 0 Å². The molecule has 4 aliphatic carbocycles. The van der Waals surface area contributed by atoms with Crippen molar-refractivity contribution < 1.29 is 19.4 Å². The summed E-state index contributed by atoms with van der Waals surface area (Å²) in [6.07, 6.45) is 0.326. The number of carbonyl (C=O) groups is 1. The molecular weight excluding hydrogens is 593 g/mol.